The van der Waals surface area contributed by atoms with E-state index in [0.717, 1.165) is 25.2 Å². The average molecular weight is 248 g/mol. The smallest absolute Gasteiger partial charge is 0.105 e. The summed E-state index contributed by atoms with van der Waals surface area (Å²) >= 11 is 3.48. The molecule has 1 saturated heterocycles. The van der Waals surface area contributed by atoms with E-state index in [2.05, 4.69) is 33.7 Å². The van der Waals surface area contributed by atoms with Crippen LogP contribution in [0.5, 0.6) is 0 Å². The average Bonchev–Trinajstić information content (AvgIpc) is 3.02. The summed E-state index contributed by atoms with van der Waals surface area (Å²) in [6.45, 7) is 0.868. The van der Waals surface area contributed by atoms with Crippen molar-refractivity contribution in [3.8, 4) is 0 Å². The fourth-order valence-corrected chi connectivity index (χ4v) is 3.29. The Kier molecular flexibility index (Phi) is 2.80. The monoisotopic (exact) mass is 248 g/mol. The normalized spacial score (nSPS) is 15.1. The van der Waals surface area contributed by atoms with E-state index in [1.165, 1.54) is 16.7 Å². The topological polar surface area (TPSA) is 9.23 Å². The molecule has 0 aromatic carbocycles. The first-order chi connectivity index (χ1) is 7.95. The van der Waals surface area contributed by atoms with Gasteiger partial charge >= 0.3 is 0 Å². The Morgan fingerprint density at radius 3 is 2.19 bits per heavy atom. The van der Waals surface area contributed by atoms with Crippen molar-refractivity contribution in [2.75, 3.05) is 6.61 Å². The molecule has 1 aliphatic heterocycles. The van der Waals surface area contributed by atoms with Crippen LogP contribution in [0.15, 0.2) is 39.4 Å². The Labute approximate surface area is 103 Å². The van der Waals surface area contributed by atoms with E-state index in [-0.39, 0.29) is 0 Å². The quantitative estimate of drug-likeness (QED) is 0.766. The summed E-state index contributed by atoms with van der Waals surface area (Å²) in [5, 5.41) is 8.64. The molecule has 0 unspecified atom stereocenters. The molecule has 0 bridgehead atoms. The molecule has 0 atom stereocenters. The summed E-state index contributed by atoms with van der Waals surface area (Å²) in [5.74, 6) is 1.16. The molecule has 0 aliphatic carbocycles. The van der Waals surface area contributed by atoms with Crippen LogP contribution in [0, 0.1) is 0 Å². The molecule has 3 heterocycles. The highest BCUT2D eigenvalue weighted by Gasteiger charge is 2.17. The summed E-state index contributed by atoms with van der Waals surface area (Å²) < 4.78 is 5.75. The summed E-state index contributed by atoms with van der Waals surface area (Å²) in [7, 11) is 0. The second kappa shape index (κ2) is 4.44. The van der Waals surface area contributed by atoms with Crippen LogP contribution in [0.3, 0.4) is 0 Å². The van der Waals surface area contributed by atoms with Gasteiger partial charge in [0.05, 0.1) is 6.61 Å². The van der Waals surface area contributed by atoms with E-state index in [1.807, 2.05) is 0 Å². The van der Waals surface area contributed by atoms with Crippen molar-refractivity contribution in [2.24, 2.45) is 0 Å². The number of thiophene rings is 2. The lowest BCUT2D eigenvalue weighted by Gasteiger charge is -2.08. The van der Waals surface area contributed by atoms with Crippen molar-refractivity contribution in [2.45, 2.75) is 12.8 Å². The second-order valence-electron chi connectivity index (χ2n) is 3.77. The summed E-state index contributed by atoms with van der Waals surface area (Å²) in [4.78, 5) is 0. The van der Waals surface area contributed by atoms with Gasteiger partial charge in [0, 0.05) is 12.0 Å². The van der Waals surface area contributed by atoms with Crippen LogP contribution >= 0.6 is 22.7 Å². The molecule has 0 radical (unpaired) electrons. The van der Waals surface area contributed by atoms with Gasteiger partial charge in [-0.05, 0) is 51.2 Å². The highest BCUT2D eigenvalue weighted by atomic mass is 32.1. The van der Waals surface area contributed by atoms with E-state index < -0.39 is 0 Å². The molecule has 0 saturated carbocycles. The van der Waals surface area contributed by atoms with Crippen LogP contribution in [0.1, 0.15) is 24.0 Å². The van der Waals surface area contributed by atoms with Crippen LogP contribution < -0.4 is 0 Å². The standard InChI is InChI=1S/C13H12OS2/c1-2-12(14-5-1)13(10-3-6-15-8-10)11-4-7-16-9-11/h3-4,6-9H,1-2,5H2. The molecule has 82 valence electrons. The third-order valence-corrected chi connectivity index (χ3v) is 4.09. The Morgan fingerprint density at radius 1 is 1.06 bits per heavy atom. The Bertz CT molecular complexity index is 436. The maximum atomic E-state index is 5.75. The van der Waals surface area contributed by atoms with Crippen molar-refractivity contribution in [1.82, 2.24) is 0 Å². The SMILES string of the molecule is c1cc(C(=C2CCCO2)c2ccsc2)cs1. The van der Waals surface area contributed by atoms with Crippen LogP contribution in [0.25, 0.3) is 5.57 Å². The first-order valence-corrected chi connectivity index (χ1v) is 7.25. The van der Waals surface area contributed by atoms with Gasteiger partial charge in [-0.1, -0.05) is 0 Å². The molecule has 1 nitrogen and oxygen atoms in total. The predicted octanol–water partition coefficient (Wildman–Crippen LogP) is 4.38. The first kappa shape index (κ1) is 10.1. The Hall–Kier alpha value is -1.06. The highest BCUT2D eigenvalue weighted by molar-refractivity contribution is 7.08. The van der Waals surface area contributed by atoms with Crippen molar-refractivity contribution in [3.05, 3.63) is 50.5 Å². The third kappa shape index (κ3) is 1.81. The minimum atomic E-state index is 0.868. The van der Waals surface area contributed by atoms with Crippen molar-refractivity contribution in [3.63, 3.8) is 0 Å². The van der Waals surface area contributed by atoms with E-state index in [4.69, 9.17) is 4.74 Å². The second-order valence-corrected chi connectivity index (χ2v) is 5.33. The summed E-state index contributed by atoms with van der Waals surface area (Å²) in [5.41, 5.74) is 3.88. The maximum absolute atomic E-state index is 5.75. The summed E-state index contributed by atoms with van der Waals surface area (Å²) in [6.07, 6.45) is 2.22. The molecular formula is C13H12OS2. The fourth-order valence-electron chi connectivity index (χ4n) is 2.00. The minimum Gasteiger partial charge on any atom is -0.497 e. The largest absolute Gasteiger partial charge is 0.497 e. The van der Waals surface area contributed by atoms with Gasteiger partial charge in [0.15, 0.2) is 0 Å². The molecule has 2 aromatic heterocycles. The molecule has 0 spiro atoms. The fraction of sp³-hybridized carbons (Fsp3) is 0.231. The minimum absolute atomic E-state index is 0.868. The first-order valence-electron chi connectivity index (χ1n) is 5.36. The van der Waals surface area contributed by atoms with E-state index in [9.17, 15) is 0 Å². The van der Waals surface area contributed by atoms with Crippen LogP contribution in [0.4, 0.5) is 0 Å². The Morgan fingerprint density at radius 2 is 1.75 bits per heavy atom. The zero-order chi connectivity index (χ0) is 10.8. The molecule has 2 aromatic rings. The van der Waals surface area contributed by atoms with Crippen molar-refractivity contribution < 1.29 is 4.74 Å². The number of rotatable bonds is 2. The van der Waals surface area contributed by atoms with Gasteiger partial charge in [0.1, 0.15) is 5.76 Å². The number of hydrogen-bond acceptors (Lipinski definition) is 3. The molecule has 1 aliphatic rings. The van der Waals surface area contributed by atoms with Gasteiger partial charge in [-0.3, -0.25) is 0 Å². The van der Waals surface area contributed by atoms with Crippen molar-refractivity contribution in [1.29, 1.82) is 0 Å². The number of allylic oxidation sites excluding steroid dienone is 1. The zero-order valence-electron chi connectivity index (χ0n) is 8.81. The summed E-state index contributed by atoms with van der Waals surface area (Å²) in [6, 6.07) is 4.35. The lowest BCUT2D eigenvalue weighted by atomic mass is 10.0. The molecule has 0 N–H and O–H groups in total. The van der Waals surface area contributed by atoms with E-state index in [0.29, 0.717) is 0 Å². The van der Waals surface area contributed by atoms with Gasteiger partial charge in [0.2, 0.25) is 0 Å². The van der Waals surface area contributed by atoms with Gasteiger partial charge in [-0.2, -0.15) is 22.7 Å². The van der Waals surface area contributed by atoms with E-state index in [1.54, 1.807) is 22.7 Å². The maximum Gasteiger partial charge on any atom is 0.105 e. The van der Waals surface area contributed by atoms with Gasteiger partial charge < -0.3 is 4.74 Å². The van der Waals surface area contributed by atoms with Gasteiger partial charge in [-0.15, -0.1) is 0 Å². The lowest BCUT2D eigenvalue weighted by molar-refractivity contribution is 0.265. The molecular weight excluding hydrogens is 236 g/mol. The number of ether oxygens (including phenoxy) is 1. The lowest BCUT2D eigenvalue weighted by Crippen LogP contribution is -1.90. The molecule has 1 fully saturated rings. The highest BCUT2D eigenvalue weighted by Crippen LogP contribution is 2.34. The zero-order valence-corrected chi connectivity index (χ0v) is 10.4. The van der Waals surface area contributed by atoms with E-state index >= 15 is 0 Å². The van der Waals surface area contributed by atoms with Crippen LogP contribution in [0.2, 0.25) is 0 Å². The molecule has 3 rings (SSSR count). The van der Waals surface area contributed by atoms with Crippen LogP contribution in [-0.4, -0.2) is 6.61 Å². The third-order valence-electron chi connectivity index (χ3n) is 2.72. The predicted molar refractivity (Wildman–Crippen MR) is 69.8 cm³/mol. The van der Waals surface area contributed by atoms with Gasteiger partial charge in [0.25, 0.3) is 0 Å². The Balaban J connectivity index is 2.12. The van der Waals surface area contributed by atoms with Crippen molar-refractivity contribution >= 4 is 28.2 Å². The molecule has 3 heteroatoms. The van der Waals surface area contributed by atoms with Crippen LogP contribution in [-0.2, 0) is 4.74 Å². The number of hydrogen-bond donors (Lipinski definition) is 0. The molecule has 16 heavy (non-hydrogen) atoms. The van der Waals surface area contributed by atoms with Gasteiger partial charge in [-0.25, -0.2) is 0 Å². The molecule has 0 amide bonds.